The lowest BCUT2D eigenvalue weighted by molar-refractivity contribution is -0.136. The molecule has 2 heterocycles. The van der Waals surface area contributed by atoms with Gasteiger partial charge in [-0.3, -0.25) is 14.6 Å². The fourth-order valence-electron chi connectivity index (χ4n) is 2.63. The summed E-state index contributed by atoms with van der Waals surface area (Å²) in [5.74, 6) is -1.34. The Kier molecular flexibility index (Phi) is 4.11. The van der Waals surface area contributed by atoms with Crippen molar-refractivity contribution in [3.63, 3.8) is 0 Å². The van der Waals surface area contributed by atoms with Crippen LogP contribution >= 0.6 is 11.6 Å². The van der Waals surface area contributed by atoms with Gasteiger partial charge in [0.05, 0.1) is 12.1 Å². The van der Waals surface area contributed by atoms with Crippen LogP contribution in [0.3, 0.4) is 0 Å². The Hall–Kier alpha value is -2.66. The number of ketones is 1. The van der Waals surface area contributed by atoms with Crippen LogP contribution < -0.4 is 0 Å². The van der Waals surface area contributed by atoms with Crippen LogP contribution in [-0.4, -0.2) is 26.8 Å². The Morgan fingerprint density at radius 2 is 1.96 bits per heavy atom. The normalized spacial score (nSPS) is 11.0. The van der Waals surface area contributed by atoms with E-state index in [0.717, 1.165) is 11.1 Å². The third-order valence-corrected chi connectivity index (χ3v) is 4.26. The summed E-state index contributed by atoms with van der Waals surface area (Å²) in [6.07, 6.45) is 1.38. The highest BCUT2D eigenvalue weighted by molar-refractivity contribution is 6.31. The molecule has 1 aromatic carbocycles. The first-order chi connectivity index (χ1) is 11.4. The zero-order chi connectivity index (χ0) is 17.4. The van der Waals surface area contributed by atoms with E-state index in [1.807, 2.05) is 13.8 Å². The predicted octanol–water partition coefficient (Wildman–Crippen LogP) is 3.69. The molecule has 24 heavy (non-hydrogen) atoms. The van der Waals surface area contributed by atoms with Crippen LogP contribution in [0.25, 0.3) is 10.9 Å². The molecule has 0 saturated carbocycles. The number of hydrogen-bond donors (Lipinski definition) is 2. The predicted molar refractivity (Wildman–Crippen MR) is 91.8 cm³/mol. The summed E-state index contributed by atoms with van der Waals surface area (Å²) in [6.45, 7) is 3.81. The van der Waals surface area contributed by atoms with Gasteiger partial charge in [0.15, 0.2) is 0 Å². The first kappa shape index (κ1) is 16.2. The summed E-state index contributed by atoms with van der Waals surface area (Å²) in [5.41, 5.74) is 3.53. The molecule has 5 nitrogen and oxygen atoms in total. The Bertz CT molecular complexity index is 976. The Balaban J connectivity index is 2.18. The smallest absolute Gasteiger partial charge is 0.307 e. The largest absolute Gasteiger partial charge is 0.481 e. The molecule has 0 amide bonds. The second kappa shape index (κ2) is 6.09. The zero-order valence-electron chi connectivity index (χ0n) is 13.2. The number of carboxylic acids is 1. The van der Waals surface area contributed by atoms with Gasteiger partial charge < -0.3 is 10.1 Å². The number of aromatic amines is 1. The van der Waals surface area contributed by atoms with Crippen LogP contribution in [0.1, 0.15) is 32.9 Å². The summed E-state index contributed by atoms with van der Waals surface area (Å²) < 4.78 is 0. The maximum atomic E-state index is 12.8. The van der Waals surface area contributed by atoms with E-state index in [4.69, 9.17) is 11.6 Å². The maximum absolute atomic E-state index is 12.8. The molecule has 2 aromatic heterocycles. The van der Waals surface area contributed by atoms with Crippen molar-refractivity contribution in [1.29, 1.82) is 0 Å². The number of rotatable bonds is 4. The van der Waals surface area contributed by atoms with Gasteiger partial charge in [0.2, 0.25) is 5.78 Å². The summed E-state index contributed by atoms with van der Waals surface area (Å²) in [4.78, 5) is 31.3. The average molecular weight is 343 g/mol. The number of aryl methyl sites for hydroxylation is 2. The summed E-state index contributed by atoms with van der Waals surface area (Å²) in [6, 6.07) is 6.77. The van der Waals surface area contributed by atoms with Gasteiger partial charge in [0, 0.05) is 27.7 Å². The van der Waals surface area contributed by atoms with E-state index < -0.39 is 5.97 Å². The van der Waals surface area contributed by atoms with Crippen molar-refractivity contribution in [2.75, 3.05) is 0 Å². The third-order valence-electron chi connectivity index (χ3n) is 4.03. The summed E-state index contributed by atoms with van der Waals surface area (Å²) in [5, 5.41) is 10.4. The molecule has 0 radical (unpaired) electrons. The lowest BCUT2D eigenvalue weighted by Gasteiger charge is -2.04. The van der Waals surface area contributed by atoms with Crippen molar-refractivity contribution in [2.45, 2.75) is 20.3 Å². The van der Waals surface area contributed by atoms with Crippen molar-refractivity contribution in [3.05, 3.63) is 63.6 Å². The van der Waals surface area contributed by atoms with Crippen LogP contribution in [0.5, 0.6) is 0 Å². The number of halogens is 1. The molecule has 2 N–H and O–H groups in total. The van der Waals surface area contributed by atoms with Crippen molar-refractivity contribution < 1.29 is 14.7 Å². The van der Waals surface area contributed by atoms with Crippen molar-refractivity contribution in [1.82, 2.24) is 9.97 Å². The summed E-state index contributed by atoms with van der Waals surface area (Å²) in [7, 11) is 0. The van der Waals surface area contributed by atoms with Crippen LogP contribution in [0, 0.1) is 13.8 Å². The number of hydrogen-bond acceptors (Lipinski definition) is 3. The molecule has 0 spiro atoms. The highest BCUT2D eigenvalue weighted by atomic mass is 35.5. The Morgan fingerprint density at radius 1 is 1.21 bits per heavy atom. The van der Waals surface area contributed by atoms with Gasteiger partial charge in [-0.15, -0.1) is 0 Å². The van der Waals surface area contributed by atoms with Crippen molar-refractivity contribution in [2.24, 2.45) is 0 Å². The molecule has 0 aliphatic heterocycles. The molecule has 0 atom stereocenters. The number of aromatic nitrogens is 2. The molecule has 0 unspecified atom stereocenters. The van der Waals surface area contributed by atoms with Crippen molar-refractivity contribution in [3.8, 4) is 0 Å². The minimum atomic E-state index is -1.01. The number of nitrogens with zero attached hydrogens (tertiary/aromatic N) is 1. The number of carbonyl (C=O) groups is 2. The van der Waals surface area contributed by atoms with Crippen LogP contribution in [-0.2, 0) is 11.2 Å². The van der Waals surface area contributed by atoms with Crippen LogP contribution in [0.2, 0.25) is 5.02 Å². The highest BCUT2D eigenvalue weighted by Gasteiger charge is 2.22. The SMILES string of the molecule is Cc1cnc(C(=O)c2[nH]c3cc(Cl)ccc3c2CC(=O)O)cc1C. The van der Waals surface area contributed by atoms with E-state index in [1.165, 1.54) is 0 Å². The zero-order valence-corrected chi connectivity index (χ0v) is 13.9. The number of benzene rings is 1. The van der Waals surface area contributed by atoms with E-state index in [9.17, 15) is 14.7 Å². The third kappa shape index (κ3) is 2.90. The van der Waals surface area contributed by atoms with Gasteiger partial charge in [0.25, 0.3) is 0 Å². The fraction of sp³-hybridized carbons (Fsp3) is 0.167. The standard InChI is InChI=1S/C18H15ClN2O3/c1-9-5-15(20-8-10(9)2)18(24)17-13(7-16(22)23)12-4-3-11(19)6-14(12)21-17/h3-6,8,21H,7H2,1-2H3,(H,22,23). The highest BCUT2D eigenvalue weighted by Crippen LogP contribution is 2.27. The van der Waals surface area contributed by atoms with Crippen LogP contribution in [0.4, 0.5) is 0 Å². The number of nitrogens with one attached hydrogen (secondary N) is 1. The lowest BCUT2D eigenvalue weighted by Crippen LogP contribution is -2.10. The van der Waals surface area contributed by atoms with E-state index in [2.05, 4.69) is 9.97 Å². The molecule has 3 rings (SSSR count). The number of aliphatic carboxylic acids is 1. The molecule has 0 aliphatic rings. The molecule has 0 saturated heterocycles. The van der Waals surface area contributed by atoms with Gasteiger partial charge in [-0.2, -0.15) is 0 Å². The van der Waals surface area contributed by atoms with Gasteiger partial charge >= 0.3 is 5.97 Å². The molecule has 3 aromatic rings. The van der Waals surface area contributed by atoms with Gasteiger partial charge in [0.1, 0.15) is 5.69 Å². The number of H-pyrrole nitrogens is 1. The molecule has 0 aliphatic carbocycles. The minimum Gasteiger partial charge on any atom is -0.481 e. The van der Waals surface area contributed by atoms with E-state index in [1.54, 1.807) is 30.5 Å². The first-order valence-corrected chi connectivity index (χ1v) is 7.74. The van der Waals surface area contributed by atoms with E-state index >= 15 is 0 Å². The van der Waals surface area contributed by atoms with E-state index in [-0.39, 0.29) is 23.6 Å². The number of carboxylic acid groups (broad SMARTS) is 1. The molecular formula is C18H15ClN2O3. The monoisotopic (exact) mass is 342 g/mol. The molecular weight excluding hydrogens is 328 g/mol. The number of carbonyl (C=O) groups excluding carboxylic acids is 1. The Labute approximate surface area is 143 Å². The lowest BCUT2D eigenvalue weighted by atomic mass is 10.0. The van der Waals surface area contributed by atoms with Gasteiger partial charge in [-0.05, 0) is 43.2 Å². The molecule has 0 bridgehead atoms. The van der Waals surface area contributed by atoms with Crippen LogP contribution in [0.15, 0.2) is 30.5 Å². The number of fused-ring (bicyclic) bond motifs is 1. The molecule has 0 fully saturated rings. The quantitative estimate of drug-likeness (QED) is 0.708. The summed E-state index contributed by atoms with van der Waals surface area (Å²) >= 11 is 5.99. The average Bonchev–Trinajstić information content (AvgIpc) is 2.86. The van der Waals surface area contributed by atoms with E-state index in [0.29, 0.717) is 21.5 Å². The number of pyridine rings is 1. The Morgan fingerprint density at radius 3 is 2.62 bits per heavy atom. The maximum Gasteiger partial charge on any atom is 0.307 e. The fourth-order valence-corrected chi connectivity index (χ4v) is 2.81. The second-order valence-electron chi connectivity index (χ2n) is 5.72. The molecule has 6 heteroatoms. The molecule has 122 valence electrons. The first-order valence-electron chi connectivity index (χ1n) is 7.36. The second-order valence-corrected chi connectivity index (χ2v) is 6.16. The topological polar surface area (TPSA) is 83.0 Å². The minimum absolute atomic E-state index is 0.241. The van der Waals surface area contributed by atoms with Gasteiger partial charge in [-0.1, -0.05) is 17.7 Å². The van der Waals surface area contributed by atoms with Gasteiger partial charge in [-0.25, -0.2) is 0 Å². The van der Waals surface area contributed by atoms with Crippen molar-refractivity contribution >= 4 is 34.3 Å².